The summed E-state index contributed by atoms with van der Waals surface area (Å²) in [6, 6.07) is 6.38. The number of hydrogen-bond acceptors (Lipinski definition) is 1. The maximum atomic E-state index is 12.8. The van der Waals surface area contributed by atoms with E-state index < -0.39 is 0 Å². The summed E-state index contributed by atoms with van der Waals surface area (Å²) < 4.78 is 12.8. The summed E-state index contributed by atoms with van der Waals surface area (Å²) in [5.41, 5.74) is 0.868. The Labute approximate surface area is 89.7 Å². The quantitative estimate of drug-likeness (QED) is 0.744. The molecule has 0 aliphatic carbocycles. The lowest BCUT2D eigenvalue weighted by Crippen LogP contribution is -2.26. The molecule has 0 atom stereocenters. The number of carbonyl (C=O) groups is 1. The van der Waals surface area contributed by atoms with Gasteiger partial charge >= 0.3 is 0 Å². The van der Waals surface area contributed by atoms with E-state index in [0.717, 1.165) is 5.56 Å². The van der Waals surface area contributed by atoms with Gasteiger partial charge in [0, 0.05) is 20.0 Å². The predicted octanol–water partition coefficient (Wildman–Crippen LogP) is 2.24. The van der Waals surface area contributed by atoms with Gasteiger partial charge in [0.1, 0.15) is 5.82 Å². The second kappa shape index (κ2) is 5.49. The summed E-state index contributed by atoms with van der Waals surface area (Å²) in [7, 11) is 1.77. The Kier molecular flexibility index (Phi) is 4.28. The van der Waals surface area contributed by atoms with Crippen LogP contribution in [0, 0.1) is 5.82 Å². The minimum Gasteiger partial charge on any atom is -0.346 e. The first-order chi connectivity index (χ1) is 7.13. The van der Waals surface area contributed by atoms with Crippen LogP contribution >= 0.6 is 0 Å². The molecule has 1 aromatic carbocycles. The fraction of sp³-hybridized carbons (Fsp3) is 0.417. The van der Waals surface area contributed by atoms with Gasteiger partial charge < -0.3 is 4.90 Å². The molecule has 0 aliphatic rings. The number of amides is 1. The molecule has 2 nitrogen and oxygen atoms in total. The maximum Gasteiger partial charge on any atom is 0.222 e. The van der Waals surface area contributed by atoms with Gasteiger partial charge in [-0.15, -0.1) is 0 Å². The highest BCUT2D eigenvalue weighted by Gasteiger charge is 2.06. The number of nitrogens with zero attached hydrogens (tertiary/aromatic N) is 1. The molecule has 0 radical (unpaired) electrons. The molecule has 0 heterocycles. The largest absolute Gasteiger partial charge is 0.346 e. The van der Waals surface area contributed by atoms with Crippen LogP contribution in [-0.4, -0.2) is 24.4 Å². The highest BCUT2D eigenvalue weighted by molar-refractivity contribution is 5.76. The van der Waals surface area contributed by atoms with Crippen molar-refractivity contribution in [1.29, 1.82) is 0 Å². The van der Waals surface area contributed by atoms with Crippen molar-refractivity contribution >= 4 is 5.91 Å². The van der Waals surface area contributed by atoms with E-state index in [0.29, 0.717) is 19.4 Å². The molecule has 0 aromatic heterocycles. The molecule has 1 amide bonds. The molecule has 1 rings (SSSR count). The van der Waals surface area contributed by atoms with E-state index in [1.54, 1.807) is 18.0 Å². The Morgan fingerprint density at radius 3 is 2.80 bits per heavy atom. The zero-order valence-corrected chi connectivity index (χ0v) is 9.16. The summed E-state index contributed by atoms with van der Waals surface area (Å²) >= 11 is 0. The third-order valence-electron chi connectivity index (χ3n) is 2.42. The van der Waals surface area contributed by atoms with Gasteiger partial charge in [-0.25, -0.2) is 4.39 Å². The van der Waals surface area contributed by atoms with Gasteiger partial charge in [-0.3, -0.25) is 4.79 Å². The third kappa shape index (κ3) is 3.70. The minimum atomic E-state index is -0.246. The van der Waals surface area contributed by atoms with Crippen molar-refractivity contribution < 1.29 is 9.18 Å². The molecule has 0 saturated heterocycles. The number of carbonyl (C=O) groups excluding carboxylic acids is 1. The number of benzene rings is 1. The normalized spacial score (nSPS) is 10.1. The molecule has 82 valence electrons. The van der Waals surface area contributed by atoms with Crippen LogP contribution in [0.2, 0.25) is 0 Å². The summed E-state index contributed by atoms with van der Waals surface area (Å²) in [5, 5.41) is 0. The zero-order valence-electron chi connectivity index (χ0n) is 9.16. The van der Waals surface area contributed by atoms with Gasteiger partial charge in [-0.05, 0) is 31.0 Å². The Balaban J connectivity index is 2.47. The Morgan fingerprint density at radius 1 is 1.47 bits per heavy atom. The van der Waals surface area contributed by atoms with Gasteiger partial charge in [-0.1, -0.05) is 12.1 Å². The highest BCUT2D eigenvalue weighted by atomic mass is 19.1. The van der Waals surface area contributed by atoms with Crippen LogP contribution in [0.5, 0.6) is 0 Å². The fourth-order valence-corrected chi connectivity index (χ4v) is 1.31. The molecule has 0 N–H and O–H groups in total. The van der Waals surface area contributed by atoms with E-state index in [-0.39, 0.29) is 11.7 Å². The second-order valence-corrected chi connectivity index (χ2v) is 3.54. The van der Waals surface area contributed by atoms with Crippen molar-refractivity contribution in [2.75, 3.05) is 13.6 Å². The van der Waals surface area contributed by atoms with Crippen LogP contribution in [0.25, 0.3) is 0 Å². The topological polar surface area (TPSA) is 20.3 Å². The van der Waals surface area contributed by atoms with Crippen molar-refractivity contribution in [3.63, 3.8) is 0 Å². The van der Waals surface area contributed by atoms with E-state index in [1.807, 2.05) is 13.0 Å². The van der Waals surface area contributed by atoms with Gasteiger partial charge in [0.2, 0.25) is 5.91 Å². The first-order valence-electron chi connectivity index (χ1n) is 5.12. The van der Waals surface area contributed by atoms with Crippen molar-refractivity contribution in [3.8, 4) is 0 Å². The summed E-state index contributed by atoms with van der Waals surface area (Å²) in [6.45, 7) is 2.64. The van der Waals surface area contributed by atoms with Crippen LogP contribution in [-0.2, 0) is 11.2 Å². The highest BCUT2D eigenvalue weighted by Crippen LogP contribution is 2.07. The second-order valence-electron chi connectivity index (χ2n) is 3.54. The standard InChI is InChI=1S/C12H16FNO/c1-3-14(2)12(15)8-7-10-5-4-6-11(13)9-10/h4-6,9H,3,7-8H2,1-2H3. The molecule has 0 saturated carbocycles. The van der Waals surface area contributed by atoms with Crippen LogP contribution in [0.3, 0.4) is 0 Å². The first-order valence-corrected chi connectivity index (χ1v) is 5.12. The number of hydrogen-bond donors (Lipinski definition) is 0. The van der Waals surface area contributed by atoms with Crippen molar-refractivity contribution in [2.24, 2.45) is 0 Å². The van der Waals surface area contributed by atoms with Gasteiger partial charge in [-0.2, -0.15) is 0 Å². The Morgan fingerprint density at radius 2 is 2.20 bits per heavy atom. The lowest BCUT2D eigenvalue weighted by atomic mass is 10.1. The van der Waals surface area contributed by atoms with Crippen molar-refractivity contribution in [1.82, 2.24) is 4.90 Å². The van der Waals surface area contributed by atoms with E-state index in [9.17, 15) is 9.18 Å². The third-order valence-corrected chi connectivity index (χ3v) is 2.42. The average molecular weight is 209 g/mol. The Hall–Kier alpha value is -1.38. The summed E-state index contributed by atoms with van der Waals surface area (Å²) in [6.07, 6.45) is 1.04. The zero-order chi connectivity index (χ0) is 11.3. The molecular formula is C12H16FNO. The van der Waals surface area contributed by atoms with Crippen molar-refractivity contribution in [3.05, 3.63) is 35.6 Å². The fourth-order valence-electron chi connectivity index (χ4n) is 1.31. The van der Waals surface area contributed by atoms with E-state index >= 15 is 0 Å². The molecule has 15 heavy (non-hydrogen) atoms. The molecule has 0 unspecified atom stereocenters. The SMILES string of the molecule is CCN(C)C(=O)CCc1cccc(F)c1. The van der Waals surface area contributed by atoms with Gasteiger partial charge in [0.25, 0.3) is 0 Å². The lowest BCUT2D eigenvalue weighted by molar-refractivity contribution is -0.129. The Bertz CT molecular complexity index is 338. The van der Waals surface area contributed by atoms with E-state index in [4.69, 9.17) is 0 Å². The van der Waals surface area contributed by atoms with Crippen LogP contribution in [0.1, 0.15) is 18.9 Å². The van der Waals surface area contributed by atoms with Crippen molar-refractivity contribution in [2.45, 2.75) is 19.8 Å². The molecular weight excluding hydrogens is 193 g/mol. The van der Waals surface area contributed by atoms with Crippen LogP contribution < -0.4 is 0 Å². The average Bonchev–Trinajstić information content (AvgIpc) is 2.25. The molecule has 3 heteroatoms. The summed E-state index contributed by atoms with van der Waals surface area (Å²) in [5.74, 6) is -0.148. The number of rotatable bonds is 4. The lowest BCUT2D eigenvalue weighted by Gasteiger charge is -2.13. The number of halogens is 1. The first kappa shape index (κ1) is 11.7. The van der Waals surface area contributed by atoms with Crippen LogP contribution in [0.4, 0.5) is 4.39 Å². The van der Waals surface area contributed by atoms with Gasteiger partial charge in [0.05, 0.1) is 0 Å². The number of aryl methyl sites for hydroxylation is 1. The summed E-state index contributed by atoms with van der Waals surface area (Å²) in [4.78, 5) is 13.1. The molecule has 0 fully saturated rings. The van der Waals surface area contributed by atoms with E-state index in [1.165, 1.54) is 12.1 Å². The monoisotopic (exact) mass is 209 g/mol. The molecule has 1 aromatic rings. The van der Waals surface area contributed by atoms with E-state index in [2.05, 4.69) is 0 Å². The predicted molar refractivity (Wildman–Crippen MR) is 58.0 cm³/mol. The molecule has 0 aliphatic heterocycles. The molecule has 0 bridgehead atoms. The smallest absolute Gasteiger partial charge is 0.222 e. The minimum absolute atomic E-state index is 0.0989. The molecule has 0 spiro atoms. The van der Waals surface area contributed by atoms with Crippen LogP contribution in [0.15, 0.2) is 24.3 Å². The van der Waals surface area contributed by atoms with Gasteiger partial charge in [0.15, 0.2) is 0 Å². The maximum absolute atomic E-state index is 12.8.